The summed E-state index contributed by atoms with van der Waals surface area (Å²) >= 11 is 6.35. The molecule has 1 aliphatic rings. The van der Waals surface area contributed by atoms with Crippen molar-refractivity contribution >= 4 is 17.3 Å². The molecular formula is C24H32ClFN2. The number of anilines is 1. The van der Waals surface area contributed by atoms with Crippen molar-refractivity contribution in [1.29, 1.82) is 0 Å². The number of piperazine rings is 1. The number of nitrogens with one attached hydrogen (secondary N) is 1. The van der Waals surface area contributed by atoms with Gasteiger partial charge in [-0.1, -0.05) is 50.2 Å². The summed E-state index contributed by atoms with van der Waals surface area (Å²) in [4.78, 5) is 2.41. The van der Waals surface area contributed by atoms with Gasteiger partial charge in [-0.15, -0.1) is 11.6 Å². The van der Waals surface area contributed by atoms with Crippen molar-refractivity contribution in [3.05, 3.63) is 64.7 Å². The van der Waals surface area contributed by atoms with E-state index in [2.05, 4.69) is 55.3 Å². The van der Waals surface area contributed by atoms with Crippen LogP contribution in [0.3, 0.4) is 0 Å². The summed E-state index contributed by atoms with van der Waals surface area (Å²) in [6.07, 6.45) is 0.257. The summed E-state index contributed by atoms with van der Waals surface area (Å²) in [5.41, 5.74) is 5.16. The van der Waals surface area contributed by atoms with E-state index in [0.29, 0.717) is 12.3 Å². The Morgan fingerprint density at radius 2 is 1.89 bits per heavy atom. The fraction of sp³-hybridized carbons (Fsp3) is 0.500. The SMILES string of the molecule is CCc1cc(C(F)CC(C)(CCl)c2ccccc2C)ccc1N1CCNCC1. The van der Waals surface area contributed by atoms with Crippen LogP contribution in [0.5, 0.6) is 0 Å². The van der Waals surface area contributed by atoms with E-state index in [1.807, 2.05) is 18.2 Å². The second-order valence-electron chi connectivity index (χ2n) is 8.16. The number of halogens is 2. The zero-order chi connectivity index (χ0) is 20.1. The van der Waals surface area contributed by atoms with E-state index in [4.69, 9.17) is 11.6 Å². The minimum Gasteiger partial charge on any atom is -0.369 e. The average molecular weight is 403 g/mol. The molecule has 0 aromatic heterocycles. The third-order valence-corrected chi connectivity index (χ3v) is 6.61. The van der Waals surface area contributed by atoms with E-state index in [9.17, 15) is 0 Å². The lowest BCUT2D eigenvalue weighted by atomic mass is 9.77. The van der Waals surface area contributed by atoms with Gasteiger partial charge in [-0.05, 0) is 48.1 Å². The quantitative estimate of drug-likeness (QED) is 0.609. The molecule has 2 aromatic carbocycles. The largest absolute Gasteiger partial charge is 0.369 e. The molecule has 0 spiro atoms. The topological polar surface area (TPSA) is 15.3 Å². The second-order valence-corrected chi connectivity index (χ2v) is 8.43. The molecule has 1 fully saturated rings. The lowest BCUT2D eigenvalue weighted by molar-refractivity contribution is 0.266. The summed E-state index contributed by atoms with van der Waals surface area (Å²) in [5.74, 6) is 0.401. The van der Waals surface area contributed by atoms with Crippen molar-refractivity contribution in [3.63, 3.8) is 0 Å². The molecule has 28 heavy (non-hydrogen) atoms. The maximum Gasteiger partial charge on any atom is 0.126 e. The van der Waals surface area contributed by atoms with Crippen LogP contribution >= 0.6 is 11.6 Å². The zero-order valence-electron chi connectivity index (χ0n) is 17.3. The Balaban J connectivity index is 1.83. The van der Waals surface area contributed by atoms with Gasteiger partial charge in [0.2, 0.25) is 0 Å². The van der Waals surface area contributed by atoms with Crippen molar-refractivity contribution in [2.45, 2.75) is 45.2 Å². The molecule has 0 aliphatic carbocycles. The van der Waals surface area contributed by atoms with Gasteiger partial charge in [-0.3, -0.25) is 0 Å². The molecule has 1 aliphatic heterocycles. The van der Waals surface area contributed by atoms with Crippen molar-refractivity contribution in [2.24, 2.45) is 0 Å². The Bertz CT molecular complexity index is 788. The molecule has 0 saturated carbocycles. The maximum absolute atomic E-state index is 15.4. The highest BCUT2D eigenvalue weighted by Gasteiger charge is 2.31. The number of hydrogen-bond donors (Lipinski definition) is 1. The monoisotopic (exact) mass is 402 g/mol. The first-order valence-corrected chi connectivity index (χ1v) is 10.9. The van der Waals surface area contributed by atoms with Crippen LogP contribution in [0, 0.1) is 6.92 Å². The molecule has 1 saturated heterocycles. The summed E-state index contributed by atoms with van der Waals surface area (Å²) in [5, 5.41) is 3.39. The van der Waals surface area contributed by atoms with Crippen molar-refractivity contribution in [2.75, 3.05) is 37.0 Å². The highest BCUT2D eigenvalue weighted by molar-refractivity contribution is 6.18. The molecule has 152 valence electrons. The van der Waals surface area contributed by atoms with Gasteiger partial charge in [0.05, 0.1) is 0 Å². The molecule has 2 unspecified atom stereocenters. The number of nitrogens with zero attached hydrogens (tertiary/aromatic N) is 1. The number of hydrogen-bond acceptors (Lipinski definition) is 2. The van der Waals surface area contributed by atoms with Crippen molar-refractivity contribution in [3.8, 4) is 0 Å². The van der Waals surface area contributed by atoms with Gasteiger partial charge in [0, 0.05) is 43.2 Å². The number of aryl methyl sites for hydroxylation is 2. The molecule has 2 atom stereocenters. The Labute approximate surface area is 174 Å². The van der Waals surface area contributed by atoms with Crippen molar-refractivity contribution in [1.82, 2.24) is 5.32 Å². The first kappa shape index (κ1) is 21.1. The van der Waals surface area contributed by atoms with Crippen LogP contribution in [0.1, 0.15) is 48.7 Å². The van der Waals surface area contributed by atoms with E-state index in [1.54, 1.807) is 0 Å². The normalized spacial score (nSPS) is 18.0. The highest BCUT2D eigenvalue weighted by atomic mass is 35.5. The molecule has 1 heterocycles. The molecule has 3 rings (SSSR count). The minimum atomic E-state index is -1.04. The number of benzene rings is 2. The van der Waals surface area contributed by atoms with E-state index in [1.165, 1.54) is 16.8 Å². The maximum atomic E-state index is 15.4. The molecule has 0 amide bonds. The van der Waals surface area contributed by atoms with Crippen LogP contribution in [0.15, 0.2) is 42.5 Å². The van der Waals surface area contributed by atoms with E-state index in [-0.39, 0.29) is 0 Å². The standard InChI is InChI=1S/C24H32ClFN2/c1-4-19-15-20(9-10-23(19)28-13-11-27-12-14-28)22(26)16-24(3,17-25)21-8-6-5-7-18(21)2/h5-10,15,22,27H,4,11-14,16-17H2,1-3H3. The van der Waals surface area contributed by atoms with Crippen LogP contribution in [0.25, 0.3) is 0 Å². The van der Waals surface area contributed by atoms with E-state index >= 15 is 4.39 Å². The second kappa shape index (κ2) is 9.28. The minimum absolute atomic E-state index is 0.386. The van der Waals surface area contributed by atoms with Crippen molar-refractivity contribution < 1.29 is 4.39 Å². The molecule has 0 radical (unpaired) electrons. The Morgan fingerprint density at radius 3 is 2.54 bits per heavy atom. The molecular weight excluding hydrogens is 371 g/mol. The highest BCUT2D eigenvalue weighted by Crippen LogP contribution is 2.39. The smallest absolute Gasteiger partial charge is 0.126 e. The lowest BCUT2D eigenvalue weighted by Crippen LogP contribution is -2.43. The molecule has 2 nitrogen and oxygen atoms in total. The molecule has 2 aromatic rings. The summed E-state index contributed by atoms with van der Waals surface area (Å²) < 4.78 is 15.4. The van der Waals surface area contributed by atoms with Gasteiger partial charge in [-0.25, -0.2) is 4.39 Å². The van der Waals surface area contributed by atoms with Crippen LogP contribution in [-0.4, -0.2) is 32.1 Å². The predicted octanol–water partition coefficient (Wildman–Crippen LogP) is 5.56. The fourth-order valence-corrected chi connectivity index (χ4v) is 4.55. The van der Waals surface area contributed by atoms with Crippen LogP contribution in [-0.2, 0) is 11.8 Å². The van der Waals surface area contributed by atoms with Crippen LogP contribution < -0.4 is 10.2 Å². The number of rotatable bonds is 7. The van der Waals surface area contributed by atoms with Crippen LogP contribution in [0.2, 0.25) is 0 Å². The first-order valence-electron chi connectivity index (χ1n) is 10.3. The third-order valence-electron chi connectivity index (χ3n) is 6.02. The Kier molecular flexibility index (Phi) is 7.00. The Hall–Kier alpha value is -1.58. The zero-order valence-corrected chi connectivity index (χ0v) is 18.0. The molecule has 4 heteroatoms. The first-order chi connectivity index (χ1) is 13.5. The summed E-state index contributed by atoms with van der Waals surface area (Å²) in [6, 6.07) is 14.3. The molecule has 0 bridgehead atoms. The van der Waals surface area contributed by atoms with Gasteiger partial charge in [0.15, 0.2) is 0 Å². The van der Waals surface area contributed by atoms with E-state index in [0.717, 1.165) is 43.7 Å². The van der Waals surface area contributed by atoms with Crippen LogP contribution in [0.4, 0.5) is 10.1 Å². The van der Waals surface area contributed by atoms with Gasteiger partial charge < -0.3 is 10.2 Å². The Morgan fingerprint density at radius 1 is 1.18 bits per heavy atom. The van der Waals surface area contributed by atoms with Gasteiger partial charge >= 0.3 is 0 Å². The summed E-state index contributed by atoms with van der Waals surface area (Å²) in [6.45, 7) is 10.3. The van der Waals surface area contributed by atoms with Gasteiger partial charge in [-0.2, -0.15) is 0 Å². The predicted molar refractivity (Wildman–Crippen MR) is 119 cm³/mol. The number of alkyl halides is 2. The van der Waals surface area contributed by atoms with Gasteiger partial charge in [0.25, 0.3) is 0 Å². The summed E-state index contributed by atoms with van der Waals surface area (Å²) in [7, 11) is 0. The lowest BCUT2D eigenvalue weighted by Gasteiger charge is -2.33. The third kappa shape index (κ3) is 4.52. The molecule has 1 N–H and O–H groups in total. The van der Waals surface area contributed by atoms with E-state index < -0.39 is 11.6 Å². The average Bonchev–Trinajstić information content (AvgIpc) is 2.74. The fourth-order valence-electron chi connectivity index (χ4n) is 4.30. The van der Waals surface area contributed by atoms with Gasteiger partial charge in [0.1, 0.15) is 6.17 Å².